The van der Waals surface area contributed by atoms with Crippen LogP contribution >= 0.6 is 23.5 Å². The minimum absolute atomic E-state index is 0.0370. The quantitative estimate of drug-likeness (QED) is 0.600. The van der Waals surface area contributed by atoms with Gasteiger partial charge in [0, 0.05) is 17.1 Å². The smallest absolute Gasteiger partial charge is 0.321 e. The molecule has 1 saturated heterocycles. The second-order valence-electron chi connectivity index (χ2n) is 6.08. The number of benzene rings is 2. The molecule has 6 nitrogen and oxygen atoms in total. The van der Waals surface area contributed by atoms with Crippen molar-refractivity contribution in [3.63, 3.8) is 0 Å². The van der Waals surface area contributed by atoms with Crippen molar-refractivity contribution in [1.29, 1.82) is 0 Å². The molecule has 0 aliphatic carbocycles. The third kappa shape index (κ3) is 3.92. The summed E-state index contributed by atoms with van der Waals surface area (Å²) >= 11 is 3.11. The highest BCUT2D eigenvalue weighted by Gasteiger charge is 2.30. The molecule has 1 aliphatic heterocycles. The zero-order valence-corrected chi connectivity index (χ0v) is 16.2. The van der Waals surface area contributed by atoms with Gasteiger partial charge in [-0.05, 0) is 29.8 Å². The number of ether oxygens (including phenoxy) is 1. The van der Waals surface area contributed by atoms with Crippen molar-refractivity contribution in [2.75, 3.05) is 12.9 Å². The molecule has 2 unspecified atom stereocenters. The molecule has 0 amide bonds. The van der Waals surface area contributed by atoms with Crippen LogP contribution in [0.1, 0.15) is 16.5 Å². The number of carboxylic acids is 1. The highest BCUT2D eigenvalue weighted by Crippen LogP contribution is 2.36. The summed E-state index contributed by atoms with van der Waals surface area (Å²) in [6, 6.07) is 13.1. The van der Waals surface area contributed by atoms with Crippen molar-refractivity contribution in [3.05, 3.63) is 53.6 Å². The number of fused-ring (bicyclic) bond motifs is 1. The number of oxazole rings is 1. The van der Waals surface area contributed by atoms with Crippen LogP contribution in [0.15, 0.2) is 52.1 Å². The van der Waals surface area contributed by atoms with Crippen LogP contribution in [0.3, 0.4) is 0 Å². The van der Waals surface area contributed by atoms with E-state index in [1.54, 1.807) is 18.9 Å². The van der Waals surface area contributed by atoms with Crippen molar-refractivity contribution in [1.82, 2.24) is 10.3 Å². The Morgan fingerprint density at radius 3 is 3.00 bits per heavy atom. The van der Waals surface area contributed by atoms with Gasteiger partial charge in [-0.3, -0.25) is 10.1 Å². The van der Waals surface area contributed by atoms with Gasteiger partial charge >= 0.3 is 5.97 Å². The standard InChI is InChI=1S/C19H18N2O4S2/c1-24-15-7-6-11(17-20-14(10-26-17)18(22)23)8-12(15)9-27-19-21-13-4-2-3-5-16(13)25-19/h2-8,14,17,20H,9-10H2,1H3,(H,22,23). The molecule has 2 atom stereocenters. The zero-order valence-electron chi connectivity index (χ0n) is 14.5. The molecule has 8 heteroatoms. The molecule has 0 saturated carbocycles. The molecule has 140 valence electrons. The van der Waals surface area contributed by atoms with Gasteiger partial charge in [-0.15, -0.1) is 11.8 Å². The molecular weight excluding hydrogens is 384 g/mol. The summed E-state index contributed by atoms with van der Waals surface area (Å²) in [4.78, 5) is 15.6. The normalized spacial score (nSPS) is 19.4. The van der Waals surface area contributed by atoms with E-state index in [4.69, 9.17) is 14.3 Å². The van der Waals surface area contributed by atoms with E-state index >= 15 is 0 Å². The Hall–Kier alpha value is -2.16. The highest BCUT2D eigenvalue weighted by atomic mass is 32.2. The van der Waals surface area contributed by atoms with Gasteiger partial charge in [0.2, 0.25) is 0 Å². The summed E-state index contributed by atoms with van der Waals surface area (Å²) < 4.78 is 11.2. The number of para-hydroxylation sites is 2. The first-order chi connectivity index (χ1) is 13.1. The maximum Gasteiger partial charge on any atom is 0.321 e. The van der Waals surface area contributed by atoms with E-state index in [2.05, 4.69) is 16.4 Å². The number of nitrogens with zero attached hydrogens (tertiary/aromatic N) is 1. The number of rotatable bonds is 6. The van der Waals surface area contributed by atoms with Crippen LogP contribution in [0.5, 0.6) is 5.75 Å². The van der Waals surface area contributed by atoms with Gasteiger partial charge in [0.15, 0.2) is 5.58 Å². The number of carbonyl (C=O) groups is 1. The van der Waals surface area contributed by atoms with Crippen LogP contribution < -0.4 is 10.1 Å². The van der Waals surface area contributed by atoms with E-state index in [1.165, 1.54) is 11.8 Å². The minimum Gasteiger partial charge on any atom is -0.496 e. The van der Waals surface area contributed by atoms with Gasteiger partial charge < -0.3 is 14.3 Å². The van der Waals surface area contributed by atoms with E-state index < -0.39 is 12.0 Å². The first-order valence-corrected chi connectivity index (χ1v) is 10.4. The maximum absolute atomic E-state index is 11.2. The molecule has 2 aromatic carbocycles. The molecule has 1 fully saturated rings. The molecule has 4 rings (SSSR count). The van der Waals surface area contributed by atoms with Gasteiger partial charge in [-0.25, -0.2) is 4.98 Å². The van der Waals surface area contributed by atoms with Crippen LogP contribution in [0.2, 0.25) is 0 Å². The zero-order chi connectivity index (χ0) is 18.8. The van der Waals surface area contributed by atoms with Gasteiger partial charge in [0.05, 0.1) is 12.5 Å². The van der Waals surface area contributed by atoms with Crippen LogP contribution in [-0.2, 0) is 10.5 Å². The number of carboxylic acid groups (broad SMARTS) is 1. The van der Waals surface area contributed by atoms with Gasteiger partial charge in [-0.1, -0.05) is 30.0 Å². The third-order valence-electron chi connectivity index (χ3n) is 4.31. The second-order valence-corrected chi connectivity index (χ2v) is 8.14. The van der Waals surface area contributed by atoms with E-state index in [9.17, 15) is 4.79 Å². The molecule has 0 spiro atoms. The molecule has 1 aliphatic rings. The van der Waals surface area contributed by atoms with E-state index in [0.29, 0.717) is 16.7 Å². The van der Waals surface area contributed by atoms with Crippen LogP contribution in [-0.4, -0.2) is 35.0 Å². The Kier molecular flexibility index (Phi) is 5.29. The highest BCUT2D eigenvalue weighted by molar-refractivity contribution is 7.99. The lowest BCUT2D eigenvalue weighted by atomic mass is 10.1. The maximum atomic E-state index is 11.2. The summed E-state index contributed by atoms with van der Waals surface area (Å²) in [5.41, 5.74) is 3.67. The molecule has 3 aromatic rings. The number of aliphatic carboxylic acids is 1. The van der Waals surface area contributed by atoms with Crippen LogP contribution in [0, 0.1) is 0 Å². The molecular formula is C19H18N2O4S2. The average molecular weight is 402 g/mol. The number of thioether (sulfide) groups is 2. The number of methoxy groups -OCH3 is 1. The van der Waals surface area contributed by atoms with Crippen molar-refractivity contribution >= 4 is 40.6 Å². The Balaban J connectivity index is 1.51. The average Bonchev–Trinajstić information content (AvgIpc) is 3.33. The summed E-state index contributed by atoms with van der Waals surface area (Å²) in [5, 5.41) is 12.9. The van der Waals surface area contributed by atoms with Crippen molar-refractivity contribution in [2.45, 2.75) is 22.4 Å². The number of hydrogen-bond donors (Lipinski definition) is 2. The predicted molar refractivity (Wildman–Crippen MR) is 106 cm³/mol. The fourth-order valence-electron chi connectivity index (χ4n) is 2.93. The SMILES string of the molecule is COc1ccc(C2NC(C(=O)O)CS2)cc1CSc1nc2ccccc2o1. The van der Waals surface area contributed by atoms with Gasteiger partial charge in [-0.2, -0.15) is 0 Å². The minimum atomic E-state index is -0.815. The van der Waals surface area contributed by atoms with Crippen molar-refractivity contribution in [3.8, 4) is 5.75 Å². The Morgan fingerprint density at radius 1 is 1.41 bits per heavy atom. The molecule has 1 aromatic heterocycles. The summed E-state index contributed by atoms with van der Waals surface area (Å²) in [5.74, 6) is 1.17. The van der Waals surface area contributed by atoms with Crippen LogP contribution in [0.25, 0.3) is 11.1 Å². The largest absolute Gasteiger partial charge is 0.496 e. The number of hydrogen-bond acceptors (Lipinski definition) is 7. The van der Waals surface area contributed by atoms with Gasteiger partial charge in [0.1, 0.15) is 17.3 Å². The fourth-order valence-corrected chi connectivity index (χ4v) is 4.97. The van der Waals surface area contributed by atoms with E-state index in [-0.39, 0.29) is 5.37 Å². The van der Waals surface area contributed by atoms with E-state index in [1.807, 2.05) is 36.4 Å². The van der Waals surface area contributed by atoms with Crippen LogP contribution in [0.4, 0.5) is 0 Å². The lowest BCUT2D eigenvalue weighted by molar-refractivity contribution is -0.138. The van der Waals surface area contributed by atoms with Gasteiger partial charge in [0.25, 0.3) is 5.22 Å². The van der Waals surface area contributed by atoms with Crippen molar-refractivity contribution < 1.29 is 19.1 Å². The predicted octanol–water partition coefficient (Wildman–Crippen LogP) is 3.92. The Morgan fingerprint density at radius 2 is 2.26 bits per heavy atom. The first kappa shape index (κ1) is 18.2. The molecule has 2 heterocycles. The first-order valence-electron chi connectivity index (χ1n) is 8.39. The third-order valence-corrected chi connectivity index (χ3v) is 6.46. The second kappa shape index (κ2) is 7.84. The monoisotopic (exact) mass is 402 g/mol. The summed E-state index contributed by atoms with van der Waals surface area (Å²) in [7, 11) is 1.64. The molecule has 2 N–H and O–H groups in total. The topological polar surface area (TPSA) is 84.6 Å². The summed E-state index contributed by atoms with van der Waals surface area (Å²) in [6.07, 6.45) is 0. The Labute approximate surface area is 164 Å². The molecule has 27 heavy (non-hydrogen) atoms. The summed E-state index contributed by atoms with van der Waals surface area (Å²) in [6.45, 7) is 0. The fraction of sp³-hybridized carbons (Fsp3) is 0.263. The lowest BCUT2D eigenvalue weighted by Crippen LogP contribution is -2.33. The molecule has 0 bridgehead atoms. The number of nitrogens with one attached hydrogen (secondary N) is 1. The van der Waals surface area contributed by atoms with E-state index in [0.717, 1.165) is 28.0 Å². The van der Waals surface area contributed by atoms with Crippen molar-refractivity contribution in [2.24, 2.45) is 0 Å². The lowest BCUT2D eigenvalue weighted by Gasteiger charge is -2.15. The molecule has 0 radical (unpaired) electrons. The Bertz CT molecular complexity index is 942. The number of aromatic nitrogens is 1.